The van der Waals surface area contributed by atoms with Gasteiger partial charge in [-0.05, 0) is 43.5 Å². The molecule has 1 amide bonds. The van der Waals surface area contributed by atoms with Crippen LogP contribution in [-0.4, -0.2) is 25.9 Å². The Labute approximate surface area is 139 Å². The first-order chi connectivity index (χ1) is 11.4. The molecule has 0 unspecified atom stereocenters. The first kappa shape index (κ1) is 15.9. The summed E-state index contributed by atoms with van der Waals surface area (Å²) in [4.78, 5) is 12.1. The number of amides is 1. The Morgan fingerprint density at radius 2 is 1.96 bits per heavy atom. The third kappa shape index (κ3) is 3.34. The van der Waals surface area contributed by atoms with Crippen LogP contribution in [0.1, 0.15) is 22.4 Å². The van der Waals surface area contributed by atoms with Crippen LogP contribution in [0.15, 0.2) is 28.7 Å². The summed E-state index contributed by atoms with van der Waals surface area (Å²) in [6, 6.07) is 7.88. The standard InChI is InChI=1S/C17H19N5O2/c1-10-5-6-13(7-11(10)2)9-15(23)18-17-20-19-16(24-17)14-8-12(3)21-22(14)4/h5-8H,9H2,1-4H3,(H,18,20,23). The summed E-state index contributed by atoms with van der Waals surface area (Å²) < 4.78 is 7.16. The van der Waals surface area contributed by atoms with Crippen molar-refractivity contribution >= 4 is 11.9 Å². The highest BCUT2D eigenvalue weighted by Crippen LogP contribution is 2.20. The van der Waals surface area contributed by atoms with Crippen LogP contribution in [0.5, 0.6) is 0 Å². The molecule has 0 bridgehead atoms. The monoisotopic (exact) mass is 325 g/mol. The molecule has 2 heterocycles. The Morgan fingerprint density at radius 1 is 1.17 bits per heavy atom. The van der Waals surface area contributed by atoms with Gasteiger partial charge >= 0.3 is 6.01 Å². The van der Waals surface area contributed by atoms with E-state index in [9.17, 15) is 4.79 Å². The van der Waals surface area contributed by atoms with Crippen molar-refractivity contribution in [1.29, 1.82) is 0 Å². The normalized spacial score (nSPS) is 10.8. The molecule has 1 N–H and O–H groups in total. The van der Waals surface area contributed by atoms with E-state index in [1.807, 2.05) is 45.0 Å². The fourth-order valence-electron chi connectivity index (χ4n) is 2.45. The van der Waals surface area contributed by atoms with Crippen LogP contribution < -0.4 is 5.32 Å². The van der Waals surface area contributed by atoms with Crippen molar-refractivity contribution in [2.45, 2.75) is 27.2 Å². The Bertz CT molecular complexity index is 894. The number of nitrogens with one attached hydrogen (secondary N) is 1. The number of hydrogen-bond acceptors (Lipinski definition) is 5. The maximum atomic E-state index is 12.1. The van der Waals surface area contributed by atoms with Gasteiger partial charge in [0.2, 0.25) is 5.91 Å². The first-order valence-corrected chi connectivity index (χ1v) is 7.63. The van der Waals surface area contributed by atoms with Crippen molar-refractivity contribution in [3.05, 3.63) is 46.6 Å². The lowest BCUT2D eigenvalue weighted by Gasteiger charge is -2.04. The Balaban J connectivity index is 1.69. The van der Waals surface area contributed by atoms with Crippen molar-refractivity contribution in [1.82, 2.24) is 20.0 Å². The molecule has 0 fully saturated rings. The quantitative estimate of drug-likeness (QED) is 0.797. The molecule has 0 spiro atoms. The third-order valence-electron chi connectivity index (χ3n) is 3.83. The number of anilines is 1. The van der Waals surface area contributed by atoms with Gasteiger partial charge in [-0.2, -0.15) is 5.10 Å². The summed E-state index contributed by atoms with van der Waals surface area (Å²) in [5.41, 5.74) is 4.86. The van der Waals surface area contributed by atoms with E-state index in [0.29, 0.717) is 11.6 Å². The number of aryl methyl sites for hydroxylation is 4. The lowest BCUT2D eigenvalue weighted by molar-refractivity contribution is -0.115. The van der Waals surface area contributed by atoms with Gasteiger partial charge in [-0.25, -0.2) is 0 Å². The van der Waals surface area contributed by atoms with Crippen molar-refractivity contribution in [3.63, 3.8) is 0 Å². The highest BCUT2D eigenvalue weighted by atomic mass is 16.4. The topological polar surface area (TPSA) is 85.8 Å². The molecule has 0 aliphatic heterocycles. The average molecular weight is 325 g/mol. The molecule has 0 aliphatic rings. The van der Waals surface area contributed by atoms with E-state index in [-0.39, 0.29) is 18.3 Å². The highest BCUT2D eigenvalue weighted by molar-refractivity contribution is 5.90. The number of benzene rings is 1. The Hall–Kier alpha value is -2.96. The molecule has 7 heteroatoms. The average Bonchev–Trinajstić information content (AvgIpc) is 3.09. The minimum atomic E-state index is -0.199. The van der Waals surface area contributed by atoms with E-state index < -0.39 is 0 Å². The van der Waals surface area contributed by atoms with Gasteiger partial charge in [0, 0.05) is 7.05 Å². The number of rotatable bonds is 4. The van der Waals surface area contributed by atoms with Gasteiger partial charge in [-0.15, -0.1) is 5.10 Å². The van der Waals surface area contributed by atoms with Gasteiger partial charge in [-0.3, -0.25) is 14.8 Å². The lowest BCUT2D eigenvalue weighted by atomic mass is 10.0. The van der Waals surface area contributed by atoms with Crippen LogP contribution in [0.4, 0.5) is 6.01 Å². The van der Waals surface area contributed by atoms with E-state index in [0.717, 1.165) is 16.8 Å². The second-order valence-corrected chi connectivity index (χ2v) is 5.85. The number of carbonyl (C=O) groups is 1. The van der Waals surface area contributed by atoms with Crippen LogP contribution in [0.3, 0.4) is 0 Å². The zero-order valence-corrected chi connectivity index (χ0v) is 14.1. The molecular weight excluding hydrogens is 306 g/mol. The Morgan fingerprint density at radius 3 is 2.62 bits per heavy atom. The molecule has 0 atom stereocenters. The molecule has 0 saturated carbocycles. The van der Waals surface area contributed by atoms with Crippen molar-refractivity contribution in [3.8, 4) is 11.6 Å². The number of hydrogen-bond donors (Lipinski definition) is 1. The minimum absolute atomic E-state index is 0.0812. The van der Waals surface area contributed by atoms with Crippen molar-refractivity contribution < 1.29 is 9.21 Å². The van der Waals surface area contributed by atoms with Crippen molar-refractivity contribution in [2.75, 3.05) is 5.32 Å². The minimum Gasteiger partial charge on any atom is -0.401 e. The van der Waals surface area contributed by atoms with Crippen LogP contribution in [0, 0.1) is 20.8 Å². The molecule has 0 radical (unpaired) electrons. The summed E-state index contributed by atoms with van der Waals surface area (Å²) in [5, 5.41) is 14.7. The maximum Gasteiger partial charge on any atom is 0.322 e. The molecule has 24 heavy (non-hydrogen) atoms. The summed E-state index contributed by atoms with van der Waals surface area (Å²) in [7, 11) is 1.80. The second-order valence-electron chi connectivity index (χ2n) is 5.85. The SMILES string of the molecule is Cc1cc(-c2nnc(NC(=O)Cc3ccc(C)c(C)c3)o2)n(C)n1. The number of nitrogens with zero attached hydrogens (tertiary/aromatic N) is 4. The van der Waals surface area contributed by atoms with Gasteiger partial charge in [0.25, 0.3) is 5.89 Å². The largest absolute Gasteiger partial charge is 0.401 e. The van der Waals surface area contributed by atoms with Gasteiger partial charge in [0.05, 0.1) is 12.1 Å². The molecule has 124 valence electrons. The molecule has 2 aromatic heterocycles. The molecule has 1 aromatic carbocycles. The molecule has 7 nitrogen and oxygen atoms in total. The fraction of sp³-hybridized carbons (Fsp3) is 0.294. The van der Waals surface area contributed by atoms with Crippen molar-refractivity contribution in [2.24, 2.45) is 7.05 Å². The van der Waals surface area contributed by atoms with Gasteiger partial charge in [0.15, 0.2) is 0 Å². The maximum absolute atomic E-state index is 12.1. The van der Waals surface area contributed by atoms with Gasteiger partial charge in [0.1, 0.15) is 5.69 Å². The van der Waals surface area contributed by atoms with E-state index in [4.69, 9.17) is 4.42 Å². The fourth-order valence-corrected chi connectivity index (χ4v) is 2.45. The predicted octanol–water partition coefficient (Wildman–Crippen LogP) is 2.58. The van der Waals surface area contributed by atoms with E-state index >= 15 is 0 Å². The van der Waals surface area contributed by atoms with Crippen LogP contribution in [0.2, 0.25) is 0 Å². The molecule has 0 saturated heterocycles. The number of aromatic nitrogens is 4. The van der Waals surface area contributed by atoms with Crippen LogP contribution >= 0.6 is 0 Å². The smallest absolute Gasteiger partial charge is 0.322 e. The van der Waals surface area contributed by atoms with E-state index in [2.05, 4.69) is 20.6 Å². The van der Waals surface area contributed by atoms with Gasteiger partial charge < -0.3 is 4.42 Å². The second kappa shape index (κ2) is 6.27. The molecule has 3 aromatic rings. The zero-order valence-electron chi connectivity index (χ0n) is 14.1. The summed E-state index contributed by atoms with van der Waals surface area (Å²) >= 11 is 0. The lowest BCUT2D eigenvalue weighted by Crippen LogP contribution is -2.14. The van der Waals surface area contributed by atoms with Crippen LogP contribution in [-0.2, 0) is 18.3 Å². The van der Waals surface area contributed by atoms with E-state index in [1.54, 1.807) is 11.7 Å². The van der Waals surface area contributed by atoms with E-state index in [1.165, 1.54) is 5.56 Å². The van der Waals surface area contributed by atoms with Gasteiger partial charge in [-0.1, -0.05) is 23.3 Å². The summed E-state index contributed by atoms with van der Waals surface area (Å²) in [6.07, 6.45) is 0.254. The van der Waals surface area contributed by atoms with Crippen LogP contribution in [0.25, 0.3) is 11.6 Å². The predicted molar refractivity (Wildman–Crippen MR) is 89.5 cm³/mol. The first-order valence-electron chi connectivity index (χ1n) is 7.63. The molecular formula is C17H19N5O2. The highest BCUT2D eigenvalue weighted by Gasteiger charge is 2.15. The Kier molecular flexibility index (Phi) is 4.16. The summed E-state index contributed by atoms with van der Waals surface area (Å²) in [5.74, 6) is 0.120. The summed E-state index contributed by atoms with van der Waals surface area (Å²) in [6.45, 7) is 5.95. The third-order valence-corrected chi connectivity index (χ3v) is 3.83. The number of carbonyl (C=O) groups excluding carboxylic acids is 1. The molecule has 0 aliphatic carbocycles. The zero-order chi connectivity index (χ0) is 17.3. The molecule has 3 rings (SSSR count).